The van der Waals surface area contributed by atoms with Gasteiger partial charge in [-0.15, -0.1) is 0 Å². The second-order valence-corrected chi connectivity index (χ2v) is 7.02. The van der Waals surface area contributed by atoms with E-state index in [1.54, 1.807) is 40.1 Å². The molecule has 1 aliphatic heterocycles. The number of aliphatic hydroxyl groups is 2. The molecule has 1 aromatic carbocycles. The summed E-state index contributed by atoms with van der Waals surface area (Å²) in [6, 6.07) is 8.79. The van der Waals surface area contributed by atoms with Gasteiger partial charge in [0.2, 0.25) is 5.95 Å². The molecule has 2 aromatic heterocycles. The van der Waals surface area contributed by atoms with Crippen molar-refractivity contribution in [1.82, 2.24) is 19.5 Å². The third-order valence-electron chi connectivity index (χ3n) is 4.78. The highest BCUT2D eigenvalue weighted by molar-refractivity contribution is 6.03. The number of rotatable bonds is 5. The van der Waals surface area contributed by atoms with E-state index in [0.29, 0.717) is 29.0 Å². The lowest BCUT2D eigenvalue weighted by Crippen LogP contribution is -2.24. The minimum atomic E-state index is -0.783. The van der Waals surface area contributed by atoms with E-state index in [2.05, 4.69) is 20.3 Å². The number of benzene rings is 1. The molecule has 1 saturated heterocycles. The van der Waals surface area contributed by atoms with Crippen LogP contribution >= 0.6 is 0 Å². The Bertz CT molecular complexity index is 1020. The zero-order valence-electron chi connectivity index (χ0n) is 16.1. The summed E-state index contributed by atoms with van der Waals surface area (Å²) < 4.78 is 7.41. The molecule has 3 atom stereocenters. The van der Waals surface area contributed by atoms with Crippen LogP contribution in [-0.4, -0.2) is 68.5 Å². The van der Waals surface area contributed by atoms with E-state index in [9.17, 15) is 15.0 Å². The molecule has 3 aromatic rings. The number of amides is 1. The van der Waals surface area contributed by atoms with Gasteiger partial charge < -0.3 is 19.8 Å². The molecule has 1 fully saturated rings. The Hall–Kier alpha value is -3.08. The Morgan fingerprint density at radius 3 is 2.72 bits per heavy atom. The van der Waals surface area contributed by atoms with Gasteiger partial charge in [-0.25, -0.2) is 4.98 Å². The summed E-state index contributed by atoms with van der Waals surface area (Å²) >= 11 is 0. The Balaban J connectivity index is 1.72. The summed E-state index contributed by atoms with van der Waals surface area (Å²) in [6.07, 6.45) is -0.120. The number of carbonyl (C=O) groups is 1. The number of fused-ring (bicyclic) bond motifs is 1. The van der Waals surface area contributed by atoms with E-state index in [-0.39, 0.29) is 18.5 Å². The third kappa shape index (κ3) is 3.65. The fourth-order valence-electron chi connectivity index (χ4n) is 3.29. The first-order chi connectivity index (χ1) is 14.0. The second-order valence-electron chi connectivity index (χ2n) is 7.02. The van der Waals surface area contributed by atoms with Crippen LogP contribution < -0.4 is 10.2 Å². The predicted molar refractivity (Wildman–Crippen MR) is 106 cm³/mol. The Morgan fingerprint density at radius 2 is 2.07 bits per heavy atom. The number of nitrogens with zero attached hydrogens (tertiary/aromatic N) is 5. The first-order valence-corrected chi connectivity index (χ1v) is 9.20. The fourth-order valence-corrected chi connectivity index (χ4v) is 3.29. The molecule has 0 saturated carbocycles. The number of aromatic nitrogens is 4. The van der Waals surface area contributed by atoms with Gasteiger partial charge in [0.25, 0.3) is 5.91 Å². The second kappa shape index (κ2) is 7.74. The number of ether oxygens (including phenoxy) is 1. The number of hydrogen-bond acceptors (Lipinski definition) is 8. The van der Waals surface area contributed by atoms with Gasteiger partial charge >= 0.3 is 0 Å². The van der Waals surface area contributed by atoms with Gasteiger partial charge in [-0.1, -0.05) is 18.2 Å². The van der Waals surface area contributed by atoms with Crippen molar-refractivity contribution in [3.8, 4) is 0 Å². The molecule has 29 heavy (non-hydrogen) atoms. The molecule has 152 valence electrons. The molecule has 0 aliphatic carbocycles. The zero-order valence-corrected chi connectivity index (χ0v) is 16.1. The molecular weight excluding hydrogens is 376 g/mol. The largest absolute Gasteiger partial charge is 0.394 e. The summed E-state index contributed by atoms with van der Waals surface area (Å²) in [5, 5.41) is 22.1. The van der Waals surface area contributed by atoms with E-state index in [0.717, 1.165) is 0 Å². The van der Waals surface area contributed by atoms with Crippen molar-refractivity contribution in [2.45, 2.75) is 24.9 Å². The predicted octanol–water partition coefficient (Wildman–Crippen LogP) is 0.785. The molecule has 3 heterocycles. The minimum absolute atomic E-state index is 0.133. The fraction of sp³-hybridized carbons (Fsp3) is 0.368. The minimum Gasteiger partial charge on any atom is -0.394 e. The van der Waals surface area contributed by atoms with Crippen molar-refractivity contribution in [3.63, 3.8) is 0 Å². The molecular formula is C19H22N6O4. The zero-order chi connectivity index (χ0) is 20.5. The maximum Gasteiger partial charge on any atom is 0.258 e. The van der Waals surface area contributed by atoms with E-state index in [1.165, 1.54) is 0 Å². The van der Waals surface area contributed by atoms with Gasteiger partial charge in [0.15, 0.2) is 17.0 Å². The smallest absolute Gasteiger partial charge is 0.258 e. The molecule has 1 amide bonds. The topological polar surface area (TPSA) is 126 Å². The first-order valence-electron chi connectivity index (χ1n) is 9.20. The van der Waals surface area contributed by atoms with E-state index < -0.39 is 18.4 Å². The van der Waals surface area contributed by atoms with E-state index >= 15 is 0 Å². The van der Waals surface area contributed by atoms with Crippen molar-refractivity contribution in [1.29, 1.82) is 0 Å². The number of hydrogen-bond donors (Lipinski definition) is 3. The third-order valence-corrected chi connectivity index (χ3v) is 4.78. The summed E-state index contributed by atoms with van der Waals surface area (Å²) in [7, 11) is 3.64. The molecule has 0 bridgehead atoms. The Morgan fingerprint density at radius 1 is 1.31 bits per heavy atom. The van der Waals surface area contributed by atoms with Crippen LogP contribution in [0.4, 0.5) is 11.8 Å². The SMILES string of the molecule is CN(C)c1nc(NC(=O)c2ccccc2)nc2c1ncn2[C@H]1C[C@H](O)[C@@H](CO)O1. The van der Waals surface area contributed by atoms with Crippen molar-refractivity contribution in [2.75, 3.05) is 30.9 Å². The van der Waals surface area contributed by atoms with Gasteiger partial charge in [-0.3, -0.25) is 14.7 Å². The number of nitrogens with one attached hydrogen (secondary N) is 1. The molecule has 4 rings (SSSR count). The average molecular weight is 398 g/mol. The molecule has 10 heteroatoms. The lowest BCUT2D eigenvalue weighted by molar-refractivity contribution is -0.0432. The van der Waals surface area contributed by atoms with Gasteiger partial charge in [-0.05, 0) is 12.1 Å². The van der Waals surface area contributed by atoms with Crippen molar-refractivity contribution < 1.29 is 19.7 Å². The van der Waals surface area contributed by atoms with Gasteiger partial charge in [0.1, 0.15) is 12.3 Å². The molecule has 0 radical (unpaired) electrons. The maximum atomic E-state index is 12.5. The van der Waals surface area contributed by atoms with Crippen LogP contribution in [0.5, 0.6) is 0 Å². The standard InChI is InChI=1S/C19H22N6O4/c1-24(2)16-15-17(25(10-20-15)14-8-12(27)13(9-26)29-14)22-19(21-16)23-18(28)11-6-4-3-5-7-11/h3-7,10,12-14,26-27H,8-9H2,1-2H3,(H,21,22,23,28)/t12-,13+,14+/m0/s1. The van der Waals surface area contributed by atoms with E-state index in [1.807, 2.05) is 20.2 Å². The van der Waals surface area contributed by atoms with Gasteiger partial charge in [0.05, 0.1) is 19.0 Å². The van der Waals surface area contributed by atoms with Crippen LogP contribution in [0.1, 0.15) is 23.0 Å². The molecule has 10 nitrogen and oxygen atoms in total. The summed E-state index contributed by atoms with van der Waals surface area (Å²) in [6.45, 7) is -0.277. The first kappa shape index (κ1) is 19.2. The van der Waals surface area contributed by atoms with Crippen LogP contribution in [0.2, 0.25) is 0 Å². The monoisotopic (exact) mass is 398 g/mol. The maximum absolute atomic E-state index is 12.5. The average Bonchev–Trinajstić information content (AvgIpc) is 3.30. The summed E-state index contributed by atoms with van der Waals surface area (Å²) in [5.74, 6) is 0.344. The lowest BCUT2D eigenvalue weighted by Gasteiger charge is -2.16. The summed E-state index contributed by atoms with van der Waals surface area (Å²) in [4.78, 5) is 27.6. The van der Waals surface area contributed by atoms with Gasteiger partial charge in [0, 0.05) is 26.1 Å². The summed E-state index contributed by atoms with van der Waals surface area (Å²) in [5.41, 5.74) is 1.49. The normalized spacial score (nSPS) is 21.4. The highest BCUT2D eigenvalue weighted by Crippen LogP contribution is 2.32. The van der Waals surface area contributed by atoms with Crippen molar-refractivity contribution >= 4 is 28.8 Å². The lowest BCUT2D eigenvalue weighted by atomic mass is 10.2. The van der Waals surface area contributed by atoms with Crippen LogP contribution in [0.25, 0.3) is 11.2 Å². The van der Waals surface area contributed by atoms with Crippen molar-refractivity contribution in [3.05, 3.63) is 42.2 Å². The van der Waals surface area contributed by atoms with E-state index in [4.69, 9.17) is 4.74 Å². The van der Waals surface area contributed by atoms with Crippen LogP contribution in [0.15, 0.2) is 36.7 Å². The number of anilines is 2. The molecule has 0 spiro atoms. The highest BCUT2D eigenvalue weighted by atomic mass is 16.5. The number of carbonyl (C=O) groups excluding carboxylic acids is 1. The van der Waals surface area contributed by atoms with Crippen LogP contribution in [0.3, 0.4) is 0 Å². The Kier molecular flexibility index (Phi) is 5.14. The van der Waals surface area contributed by atoms with Crippen LogP contribution in [-0.2, 0) is 4.74 Å². The van der Waals surface area contributed by atoms with Crippen LogP contribution in [0, 0.1) is 0 Å². The molecule has 3 N–H and O–H groups in total. The highest BCUT2D eigenvalue weighted by Gasteiger charge is 2.35. The molecule has 1 aliphatic rings. The Labute approximate surface area is 166 Å². The van der Waals surface area contributed by atoms with Crippen molar-refractivity contribution in [2.24, 2.45) is 0 Å². The number of aliphatic hydroxyl groups excluding tert-OH is 2. The van der Waals surface area contributed by atoms with Gasteiger partial charge in [-0.2, -0.15) is 9.97 Å². The number of imidazole rings is 1. The molecule has 0 unspecified atom stereocenters. The quantitative estimate of drug-likeness (QED) is 0.576.